The van der Waals surface area contributed by atoms with Crippen LogP contribution in [0.3, 0.4) is 0 Å². The van der Waals surface area contributed by atoms with Crippen molar-refractivity contribution in [2.75, 3.05) is 221 Å². The van der Waals surface area contributed by atoms with E-state index in [1.807, 2.05) is 106 Å². The van der Waals surface area contributed by atoms with Gasteiger partial charge in [-0.25, -0.2) is 53.7 Å². The van der Waals surface area contributed by atoms with Gasteiger partial charge in [0.25, 0.3) is 11.8 Å². The molecule has 9 aromatic heterocycles. The molecule has 2 aromatic carbocycles. The normalized spacial score (nSPS) is 10.4. The van der Waals surface area contributed by atoms with Crippen molar-refractivity contribution in [1.29, 1.82) is 0 Å². The molecule has 1 unspecified atom stereocenters. The smallest absolute Gasteiger partial charge is 0.357 e. The second-order valence-corrected chi connectivity index (χ2v) is 34.5. The molecule has 0 aliphatic carbocycles. The predicted octanol–water partition coefficient (Wildman–Crippen LogP) is 15.8. The molecule has 1 aliphatic heterocycles. The van der Waals surface area contributed by atoms with Gasteiger partial charge in [0, 0.05) is 160 Å². The number of carbonyl (C=O) groups excluding carboxylic acids is 10. The molecular formula is C99H151N23O20S5. The number of pyridine rings is 1. The number of unbranched alkanes of at least 4 members (excludes halogenated alkanes) is 1. The first kappa shape index (κ1) is 133. The highest BCUT2D eigenvalue weighted by Gasteiger charge is 2.23. The van der Waals surface area contributed by atoms with Crippen molar-refractivity contribution < 1.29 is 95.1 Å². The van der Waals surface area contributed by atoms with Gasteiger partial charge in [-0.15, -0.1) is 22.7 Å². The molecule has 11 aromatic rings. The summed E-state index contributed by atoms with van der Waals surface area (Å²) in [6.07, 6.45) is 8.21. The van der Waals surface area contributed by atoms with Crippen LogP contribution in [0.25, 0.3) is 5.76 Å². The lowest BCUT2D eigenvalue weighted by atomic mass is 9.98. The third-order valence-electron chi connectivity index (χ3n) is 19.1. The van der Waals surface area contributed by atoms with Crippen LogP contribution >= 0.6 is 56.7 Å². The standard InChI is InChI=1S/C12H15NO2.C11H19N3OS.C11H15NO2.C10H14N2O2.C8H13N3O2.2C8H12N2O2S.2C8H12N2O2.C7H11N3OS.C6H8N2O2S.2CH4/c1-13-6-5-9-3-4-10(12(14)15-2)7-11(9)8-13;1-5-6-7-8-9(10(15)14(3)4)16-11(12-2)13-8;1-4-14-11(13)9-6-5-7-10(8-9)12(2)3;1-11-9(7-10(13)14-2)8-5-3-4-6-12-8;1-4-13-8(12)6-5-7(9-2)10-11(6)3;1-4-12-7(11)6-5(2)10-8(9-3)13-6;1-3-12-7(11)4-6-5-13-8(9-2)10-6;1-9-6-4-7(8(11)12-3)10(2)5-6;1-4-11-6(2)7-5-8(9-3)10-12-7;1-4-5(6(11)8-2)12-7(9-3)10-4;1-7-6-8-4(3-11-6)5(9)10-2;;/h3-4,7H,5-6,8H2,1-2H3;5-7H2,1-4H3,(H,12,13);5-8H,4H2,1-3H3;3-6,9,11H,7H2,1-2H3;5H,4H2,1-3H3,(H,9,10);4H2,1-3H3,(H,9,10);5H,3-4H2,1-2H3,(H,9,10);4-5,9H,1-3H3;5H,2,4H2,1,3H3,(H,9,10);1-3H3,(H,8,11)(H,9,10);3H,1-2H3,(H,7,8);2*1H4. The number of esters is 8. The molecule has 0 radical (unpaired) electrons. The van der Waals surface area contributed by atoms with Crippen LogP contribution < -0.4 is 58.1 Å². The summed E-state index contributed by atoms with van der Waals surface area (Å²) in [4.78, 5) is 145. The first-order valence-electron chi connectivity index (χ1n) is 45.6. The van der Waals surface area contributed by atoms with E-state index >= 15 is 0 Å². The molecule has 0 spiro atoms. The van der Waals surface area contributed by atoms with Crippen LogP contribution in [-0.2, 0) is 92.1 Å². The molecule has 10 heterocycles. The summed E-state index contributed by atoms with van der Waals surface area (Å²) in [5.74, 6) is 0.00754. The highest BCUT2D eigenvalue weighted by molar-refractivity contribution is 7.18. The average molecular weight is 2140 g/mol. The van der Waals surface area contributed by atoms with Crippen molar-refractivity contribution in [3.05, 3.63) is 197 Å². The van der Waals surface area contributed by atoms with Crippen molar-refractivity contribution in [2.45, 2.75) is 121 Å². The van der Waals surface area contributed by atoms with Gasteiger partial charge in [-0.05, 0) is 141 Å². The van der Waals surface area contributed by atoms with Gasteiger partial charge in [0.1, 0.15) is 31.8 Å². The molecule has 0 saturated carbocycles. The van der Waals surface area contributed by atoms with Gasteiger partial charge in [-0.2, -0.15) is 5.10 Å². The summed E-state index contributed by atoms with van der Waals surface area (Å²) in [6, 6.07) is 23.8. The Bertz CT molecular complexity index is 5630. The minimum absolute atomic E-state index is 0. The monoisotopic (exact) mass is 2140 g/mol. The van der Waals surface area contributed by atoms with Crippen LogP contribution in [-0.4, -0.2) is 293 Å². The van der Waals surface area contributed by atoms with Gasteiger partial charge in [-0.1, -0.05) is 92.1 Å². The Morgan fingerprint density at radius 2 is 1.09 bits per heavy atom. The van der Waals surface area contributed by atoms with E-state index in [0.717, 1.165) is 98.3 Å². The maximum Gasteiger partial charge on any atom is 0.357 e. The molecule has 1 atom stereocenters. The second kappa shape index (κ2) is 73.8. The van der Waals surface area contributed by atoms with Crippen LogP contribution in [0.15, 0.2) is 113 Å². The lowest BCUT2D eigenvalue weighted by molar-refractivity contribution is -0.142. The average Bonchev–Trinajstić information content (AvgIpc) is 1.55. The molecule has 812 valence electrons. The van der Waals surface area contributed by atoms with Gasteiger partial charge in [0.05, 0.1) is 126 Å². The Kier molecular flexibility index (Phi) is 66.7. The van der Waals surface area contributed by atoms with E-state index in [0.29, 0.717) is 111 Å². The molecule has 2 amide bonds. The summed E-state index contributed by atoms with van der Waals surface area (Å²) in [5, 5.41) is 43.8. The lowest BCUT2D eigenvalue weighted by Crippen LogP contribution is -2.26. The summed E-state index contributed by atoms with van der Waals surface area (Å²) in [7, 11) is 36.1. The van der Waals surface area contributed by atoms with Crippen molar-refractivity contribution in [2.24, 2.45) is 14.1 Å². The summed E-state index contributed by atoms with van der Waals surface area (Å²) in [5.41, 5.74) is 11.1. The van der Waals surface area contributed by atoms with Crippen molar-refractivity contribution in [3.63, 3.8) is 0 Å². The maximum atomic E-state index is 11.9. The van der Waals surface area contributed by atoms with Crippen molar-refractivity contribution in [3.8, 4) is 0 Å². The number of fused-ring (bicyclic) bond motifs is 1. The van der Waals surface area contributed by atoms with E-state index in [9.17, 15) is 47.9 Å². The number of nitrogens with one attached hydrogen (secondary N) is 10. The number of ether oxygens (including phenoxy) is 9. The lowest BCUT2D eigenvalue weighted by Gasteiger charge is -2.25. The number of benzene rings is 2. The molecule has 147 heavy (non-hydrogen) atoms. The number of aromatic nitrogens is 10. The van der Waals surface area contributed by atoms with Gasteiger partial charge < -0.3 is 120 Å². The van der Waals surface area contributed by atoms with Gasteiger partial charge in [-0.3, -0.25) is 28.8 Å². The Hall–Kier alpha value is -14.2. The number of anilines is 9. The summed E-state index contributed by atoms with van der Waals surface area (Å²) >= 11 is 6.95. The van der Waals surface area contributed by atoms with E-state index in [-0.39, 0.29) is 80.9 Å². The van der Waals surface area contributed by atoms with E-state index in [1.54, 1.807) is 172 Å². The van der Waals surface area contributed by atoms with E-state index in [1.165, 1.54) is 101 Å². The van der Waals surface area contributed by atoms with Crippen LogP contribution in [0, 0.1) is 13.8 Å². The van der Waals surface area contributed by atoms with E-state index in [2.05, 4.69) is 133 Å². The zero-order valence-electron chi connectivity index (χ0n) is 88.3. The summed E-state index contributed by atoms with van der Waals surface area (Å²) < 4.78 is 51.0. The molecule has 1 aliphatic rings. The number of carbonyl (C=O) groups is 10. The van der Waals surface area contributed by atoms with Crippen molar-refractivity contribution in [1.82, 2.24) is 69.8 Å². The number of likely N-dealkylation sites (N-methyl/N-ethyl adjacent to an activating group) is 1. The number of aryl methyl sites for hydroxylation is 5. The van der Waals surface area contributed by atoms with Crippen molar-refractivity contribution >= 4 is 171 Å². The Morgan fingerprint density at radius 3 is 1.59 bits per heavy atom. The fourth-order valence-electron chi connectivity index (χ4n) is 11.5. The maximum absolute atomic E-state index is 11.9. The topological polar surface area (TPSA) is 510 Å². The minimum atomic E-state index is -0.400. The number of thiazole rings is 5. The number of rotatable bonds is 33. The molecule has 0 fully saturated rings. The number of hydrogen-bond acceptors (Lipinski definition) is 44. The Labute approximate surface area is 883 Å². The highest BCUT2D eigenvalue weighted by atomic mass is 32.1. The van der Waals surface area contributed by atoms with E-state index < -0.39 is 5.97 Å². The van der Waals surface area contributed by atoms with E-state index in [4.69, 9.17) is 32.9 Å². The van der Waals surface area contributed by atoms with Crippen LogP contribution in [0.1, 0.15) is 208 Å². The highest BCUT2D eigenvalue weighted by Crippen LogP contribution is 2.28. The Balaban J connectivity index is 0.00000160. The number of amides is 2. The van der Waals surface area contributed by atoms with Crippen LogP contribution in [0.4, 0.5) is 48.7 Å². The third-order valence-corrected chi connectivity index (χ3v) is 24.3. The zero-order valence-corrected chi connectivity index (χ0v) is 92.4. The fourth-order valence-corrected chi connectivity index (χ4v) is 15.5. The third kappa shape index (κ3) is 47.7. The predicted molar refractivity (Wildman–Crippen MR) is 588 cm³/mol. The van der Waals surface area contributed by atoms with Gasteiger partial charge in [0.15, 0.2) is 42.9 Å². The second-order valence-electron chi connectivity index (χ2n) is 29.8. The minimum Gasteiger partial charge on any atom is -0.490 e. The molecule has 48 heteroatoms. The quantitative estimate of drug-likeness (QED) is 0.0104. The van der Waals surface area contributed by atoms with Gasteiger partial charge >= 0.3 is 47.8 Å². The molecule has 10 N–H and O–H groups in total. The Morgan fingerprint density at radius 1 is 0.524 bits per heavy atom. The van der Waals surface area contributed by atoms with Crippen LogP contribution in [0.5, 0.6) is 0 Å². The molecule has 12 rings (SSSR count). The first-order chi connectivity index (χ1) is 69.3. The molecule has 0 saturated heterocycles. The fraction of sp³-hybridized carbons (Fsp3) is 0.455. The first-order valence-corrected chi connectivity index (χ1v) is 49.8. The number of methoxy groups -OCH3 is 4. The largest absolute Gasteiger partial charge is 0.490 e. The zero-order chi connectivity index (χ0) is 109. The number of hydrogen-bond donors (Lipinski definition) is 10. The molecule has 0 bridgehead atoms. The molecule has 43 nitrogen and oxygen atoms in total. The molecular weight excluding hydrogens is 1990 g/mol. The van der Waals surface area contributed by atoms with Gasteiger partial charge in [0.2, 0.25) is 5.76 Å². The summed E-state index contributed by atoms with van der Waals surface area (Å²) in [6.45, 7) is 22.6. The van der Waals surface area contributed by atoms with Crippen LogP contribution in [0.2, 0.25) is 0 Å². The SMILES string of the molecule is C.C.C=C(OCC)c1cc(NC)no1.CCCCc1nc(NC)sc1C(=O)N(C)C.CCOC(=O)Cc1csc(NC)n1.CCOC(=O)c1cc(NC)nn1C.CCOC(=O)c1cccc(N(C)C)c1.CCOC(=O)c1sc(NC)nc1C.CNC(=O)c1sc(NC)nc1C.CNC(CC(=O)OC)c1ccccn1.CNc1cc(C(=O)OC)n(C)c1.CNc1nc(C(=O)OC)cs1.COC(=O)c1ccc2c(c1)CN(C)CC2. The number of nitrogens with zero attached hydrogens (tertiary/aromatic N) is 13.